The van der Waals surface area contributed by atoms with Crippen LogP contribution in [0.2, 0.25) is 0 Å². The predicted octanol–water partition coefficient (Wildman–Crippen LogP) is 1.08. The average Bonchev–Trinajstić information content (AvgIpc) is 2.90. The van der Waals surface area contributed by atoms with Crippen LogP contribution in [0.5, 0.6) is 5.88 Å². The summed E-state index contributed by atoms with van der Waals surface area (Å²) in [4.78, 5) is 16.1. The van der Waals surface area contributed by atoms with Crippen molar-refractivity contribution in [3.8, 4) is 5.88 Å². The molecule has 2 aromatic rings. The topological polar surface area (TPSA) is 88.1 Å². The van der Waals surface area contributed by atoms with E-state index < -0.39 is 5.97 Å². The second kappa shape index (κ2) is 5.42. The van der Waals surface area contributed by atoms with Gasteiger partial charge in [-0.3, -0.25) is 4.98 Å². The van der Waals surface area contributed by atoms with Gasteiger partial charge in [0.25, 0.3) is 0 Å². The number of hydrogen-bond donors (Lipinski definition) is 2. The van der Waals surface area contributed by atoms with Gasteiger partial charge in [0.2, 0.25) is 5.88 Å². The van der Waals surface area contributed by atoms with Gasteiger partial charge < -0.3 is 9.84 Å². The van der Waals surface area contributed by atoms with Crippen LogP contribution in [-0.2, 0) is 13.0 Å². The van der Waals surface area contributed by atoms with Gasteiger partial charge in [0.1, 0.15) is 0 Å². The van der Waals surface area contributed by atoms with Crippen LogP contribution in [-0.4, -0.2) is 26.3 Å². The van der Waals surface area contributed by atoms with Crippen molar-refractivity contribution in [2.24, 2.45) is 0 Å². The zero-order valence-electron chi connectivity index (χ0n) is 9.88. The third-order valence-corrected chi connectivity index (χ3v) is 2.43. The fourth-order valence-electron chi connectivity index (χ4n) is 1.54. The second-order valence-corrected chi connectivity index (χ2v) is 3.62. The number of nitrogens with zero attached hydrogens (tertiary/aromatic N) is 2. The summed E-state index contributed by atoms with van der Waals surface area (Å²) in [6.07, 6.45) is 2.08. The Balaban J connectivity index is 2.24. The lowest BCUT2D eigenvalue weighted by Gasteiger charge is -2.07. The van der Waals surface area contributed by atoms with Gasteiger partial charge in [0.05, 0.1) is 29.8 Å². The standard InChI is InChI=1S/C12H13N3O3/c1-2-10-9(4-3-8(7-16)14-10)12(17)18-11-5-6-13-15-11/h3-6,16H,2,7H2,1H3,(H,13,15). The van der Waals surface area contributed by atoms with Crippen molar-refractivity contribution in [3.05, 3.63) is 41.3 Å². The number of carbonyl (C=O) groups is 1. The van der Waals surface area contributed by atoms with Crippen molar-refractivity contribution in [2.75, 3.05) is 0 Å². The number of carbonyl (C=O) groups excluding carboxylic acids is 1. The maximum atomic E-state index is 11.9. The molecule has 6 nitrogen and oxygen atoms in total. The van der Waals surface area contributed by atoms with Gasteiger partial charge in [-0.15, -0.1) is 0 Å². The number of aliphatic hydroxyl groups is 1. The van der Waals surface area contributed by atoms with E-state index in [4.69, 9.17) is 9.84 Å². The van der Waals surface area contributed by atoms with Crippen LogP contribution in [0.15, 0.2) is 24.4 Å². The molecular formula is C12H13N3O3. The number of H-pyrrole nitrogens is 1. The summed E-state index contributed by atoms with van der Waals surface area (Å²) in [7, 11) is 0. The van der Waals surface area contributed by atoms with Crippen LogP contribution in [0.3, 0.4) is 0 Å². The third-order valence-electron chi connectivity index (χ3n) is 2.43. The Labute approximate surface area is 104 Å². The quantitative estimate of drug-likeness (QED) is 0.789. The lowest BCUT2D eigenvalue weighted by Crippen LogP contribution is -2.13. The first-order valence-corrected chi connectivity index (χ1v) is 5.55. The highest BCUT2D eigenvalue weighted by Gasteiger charge is 2.15. The highest BCUT2D eigenvalue weighted by atomic mass is 16.5. The number of aryl methyl sites for hydroxylation is 1. The molecule has 0 saturated carbocycles. The number of hydrogen-bond acceptors (Lipinski definition) is 5. The summed E-state index contributed by atoms with van der Waals surface area (Å²) in [6.45, 7) is 1.74. The molecule has 0 saturated heterocycles. The summed E-state index contributed by atoms with van der Waals surface area (Å²) in [5.74, 6) is -0.207. The summed E-state index contributed by atoms with van der Waals surface area (Å²) in [5, 5.41) is 15.2. The molecule has 0 aliphatic rings. The Morgan fingerprint density at radius 2 is 2.28 bits per heavy atom. The summed E-state index contributed by atoms with van der Waals surface area (Å²) < 4.78 is 5.10. The molecule has 2 N–H and O–H groups in total. The van der Waals surface area contributed by atoms with E-state index in [1.165, 1.54) is 6.20 Å². The van der Waals surface area contributed by atoms with Gasteiger partial charge in [0, 0.05) is 6.07 Å². The summed E-state index contributed by atoms with van der Waals surface area (Å²) >= 11 is 0. The Kier molecular flexibility index (Phi) is 3.69. The number of nitrogens with one attached hydrogen (secondary N) is 1. The molecule has 0 aliphatic carbocycles. The van der Waals surface area contributed by atoms with E-state index >= 15 is 0 Å². The van der Waals surface area contributed by atoms with Gasteiger partial charge in [-0.05, 0) is 18.6 Å². The molecule has 0 amide bonds. The molecule has 0 atom stereocenters. The van der Waals surface area contributed by atoms with Gasteiger partial charge >= 0.3 is 5.97 Å². The molecule has 0 unspecified atom stereocenters. The van der Waals surface area contributed by atoms with Crippen molar-refractivity contribution in [2.45, 2.75) is 20.0 Å². The fraction of sp³-hybridized carbons (Fsp3) is 0.250. The zero-order valence-corrected chi connectivity index (χ0v) is 9.88. The monoisotopic (exact) mass is 247 g/mol. The first-order chi connectivity index (χ1) is 8.74. The van der Waals surface area contributed by atoms with Crippen molar-refractivity contribution in [3.63, 3.8) is 0 Å². The van der Waals surface area contributed by atoms with Crippen molar-refractivity contribution in [1.29, 1.82) is 0 Å². The van der Waals surface area contributed by atoms with E-state index in [2.05, 4.69) is 15.2 Å². The largest absolute Gasteiger partial charge is 0.404 e. The van der Waals surface area contributed by atoms with Crippen LogP contribution in [0.4, 0.5) is 0 Å². The van der Waals surface area contributed by atoms with Crippen molar-refractivity contribution in [1.82, 2.24) is 15.2 Å². The maximum absolute atomic E-state index is 11.9. The number of rotatable bonds is 4. The van der Waals surface area contributed by atoms with Crippen molar-refractivity contribution < 1.29 is 14.6 Å². The molecule has 2 rings (SSSR count). The van der Waals surface area contributed by atoms with Crippen LogP contribution in [0.25, 0.3) is 0 Å². The smallest absolute Gasteiger partial charge is 0.346 e. The van der Waals surface area contributed by atoms with E-state index in [1.54, 1.807) is 18.2 Å². The van der Waals surface area contributed by atoms with Crippen molar-refractivity contribution >= 4 is 5.97 Å². The van der Waals surface area contributed by atoms with Crippen LogP contribution in [0, 0.1) is 0 Å². The predicted molar refractivity (Wildman–Crippen MR) is 63.1 cm³/mol. The molecule has 6 heteroatoms. The second-order valence-electron chi connectivity index (χ2n) is 3.62. The summed E-state index contributed by atoms with van der Waals surface area (Å²) in [5.41, 5.74) is 1.53. The number of aliphatic hydroxyl groups excluding tert-OH is 1. The minimum absolute atomic E-state index is 0.150. The molecule has 0 radical (unpaired) electrons. The molecule has 0 bridgehead atoms. The van der Waals surface area contributed by atoms with E-state index in [0.29, 0.717) is 23.4 Å². The minimum atomic E-state index is -0.493. The van der Waals surface area contributed by atoms with Gasteiger partial charge in [-0.25, -0.2) is 9.89 Å². The minimum Gasteiger partial charge on any atom is -0.404 e. The third kappa shape index (κ3) is 2.54. The zero-order chi connectivity index (χ0) is 13.0. The number of aromatic amines is 1. The normalized spacial score (nSPS) is 10.3. The number of pyridine rings is 1. The lowest BCUT2D eigenvalue weighted by atomic mass is 10.1. The lowest BCUT2D eigenvalue weighted by molar-refractivity contribution is 0.0725. The Morgan fingerprint density at radius 3 is 2.89 bits per heavy atom. The first kappa shape index (κ1) is 12.3. The molecule has 2 heterocycles. The maximum Gasteiger partial charge on any atom is 0.346 e. The molecule has 2 aromatic heterocycles. The highest BCUT2D eigenvalue weighted by Crippen LogP contribution is 2.13. The summed E-state index contributed by atoms with van der Waals surface area (Å²) in [6, 6.07) is 4.76. The van der Waals surface area contributed by atoms with E-state index in [1.807, 2.05) is 6.92 Å². The molecular weight excluding hydrogens is 234 g/mol. The fourth-order valence-corrected chi connectivity index (χ4v) is 1.54. The van der Waals surface area contributed by atoms with Gasteiger partial charge in [-0.2, -0.15) is 5.10 Å². The van der Waals surface area contributed by atoms with E-state index in [-0.39, 0.29) is 12.5 Å². The molecule has 94 valence electrons. The van der Waals surface area contributed by atoms with Gasteiger partial charge in [-0.1, -0.05) is 6.92 Å². The number of aromatic nitrogens is 3. The first-order valence-electron chi connectivity index (χ1n) is 5.55. The Morgan fingerprint density at radius 1 is 1.44 bits per heavy atom. The van der Waals surface area contributed by atoms with Gasteiger partial charge in [0.15, 0.2) is 0 Å². The molecule has 0 spiro atoms. The molecule has 0 aromatic carbocycles. The Bertz CT molecular complexity index is 538. The van der Waals surface area contributed by atoms with Crippen LogP contribution in [0.1, 0.15) is 28.7 Å². The number of esters is 1. The Hall–Kier alpha value is -2.21. The van der Waals surface area contributed by atoms with E-state index in [9.17, 15) is 4.79 Å². The van der Waals surface area contributed by atoms with E-state index in [0.717, 1.165) is 0 Å². The number of ether oxygens (including phenoxy) is 1. The SMILES string of the molecule is CCc1nc(CO)ccc1C(=O)Oc1ccn[nH]1. The molecule has 0 aliphatic heterocycles. The average molecular weight is 247 g/mol. The van der Waals surface area contributed by atoms with Crippen LogP contribution >= 0.6 is 0 Å². The van der Waals surface area contributed by atoms with Crippen LogP contribution < -0.4 is 4.74 Å². The molecule has 0 fully saturated rings. The molecule has 18 heavy (non-hydrogen) atoms. The highest BCUT2D eigenvalue weighted by molar-refractivity contribution is 5.92.